The Morgan fingerprint density at radius 2 is 1.57 bits per heavy atom. The first-order valence-corrected chi connectivity index (χ1v) is 13.8. The van der Waals surface area contributed by atoms with Gasteiger partial charge < -0.3 is 4.74 Å². The summed E-state index contributed by atoms with van der Waals surface area (Å²) in [4.78, 5) is 15.1. The summed E-state index contributed by atoms with van der Waals surface area (Å²) in [6.07, 6.45) is 0.699. The molecule has 0 spiro atoms. The molecule has 0 N–H and O–H groups in total. The molecule has 0 unspecified atom stereocenters. The van der Waals surface area contributed by atoms with Gasteiger partial charge in [-0.15, -0.1) is 11.5 Å². The van der Waals surface area contributed by atoms with E-state index in [1.165, 1.54) is 11.1 Å². The lowest BCUT2D eigenvalue weighted by Crippen LogP contribution is -2.43. The lowest BCUT2D eigenvalue weighted by Gasteiger charge is -2.38. The molecule has 1 aromatic rings. The average molecular weight is 426 g/mol. The normalized spacial score (nSPS) is 23.1. The van der Waals surface area contributed by atoms with E-state index in [0.29, 0.717) is 16.6 Å². The van der Waals surface area contributed by atoms with Crippen molar-refractivity contribution in [3.63, 3.8) is 0 Å². The van der Waals surface area contributed by atoms with Crippen LogP contribution in [0.15, 0.2) is 24.3 Å². The molecule has 3 atom stereocenters. The Bertz CT molecular complexity index is 834. The van der Waals surface area contributed by atoms with Gasteiger partial charge in [0, 0.05) is 5.92 Å². The average Bonchev–Trinajstić information content (AvgIpc) is 3.14. The van der Waals surface area contributed by atoms with Gasteiger partial charge in [-0.1, -0.05) is 65.8 Å². The summed E-state index contributed by atoms with van der Waals surface area (Å²) < 4.78 is 5.79. The number of benzene rings is 1. The molecule has 1 aromatic carbocycles. The third-order valence-electron chi connectivity index (χ3n) is 7.11. The molecule has 2 bridgehead atoms. The number of carbonyl (C=O) groups is 1. The van der Waals surface area contributed by atoms with Gasteiger partial charge in [0.1, 0.15) is 13.7 Å². The Kier molecular flexibility index (Phi) is 6.18. The smallest absolute Gasteiger partial charge is 0.411 e. The predicted molar refractivity (Wildman–Crippen MR) is 127 cm³/mol. The quantitative estimate of drug-likeness (QED) is 0.377. The number of rotatable bonds is 3. The van der Waals surface area contributed by atoms with Gasteiger partial charge in [-0.25, -0.2) is 4.79 Å². The van der Waals surface area contributed by atoms with Crippen LogP contribution in [0.1, 0.15) is 91.9 Å². The predicted octanol–water partition coefficient (Wildman–Crippen LogP) is 7.26. The highest BCUT2D eigenvalue weighted by atomic mass is 28.3. The Morgan fingerprint density at radius 3 is 2.07 bits per heavy atom. The van der Waals surface area contributed by atoms with Gasteiger partial charge in [-0.05, 0) is 54.9 Å². The minimum Gasteiger partial charge on any atom is -0.444 e. The van der Waals surface area contributed by atoms with Gasteiger partial charge in [0.15, 0.2) is 0 Å². The van der Waals surface area contributed by atoms with Crippen LogP contribution >= 0.6 is 0 Å². The monoisotopic (exact) mass is 425 g/mol. The fourth-order valence-electron chi connectivity index (χ4n) is 5.94. The van der Waals surface area contributed by atoms with Gasteiger partial charge in [-0.3, -0.25) is 4.90 Å². The van der Waals surface area contributed by atoms with E-state index in [4.69, 9.17) is 4.74 Å². The summed E-state index contributed by atoms with van der Waals surface area (Å²) in [7, 11) is -1.80. The van der Waals surface area contributed by atoms with E-state index in [1.54, 1.807) is 0 Å². The van der Waals surface area contributed by atoms with Crippen molar-refractivity contribution >= 4 is 14.2 Å². The molecule has 0 aromatic heterocycles. The lowest BCUT2D eigenvalue weighted by atomic mass is 9.84. The molecule has 164 valence electrons. The van der Waals surface area contributed by atoms with Crippen LogP contribution < -0.4 is 0 Å². The van der Waals surface area contributed by atoms with Crippen LogP contribution in [0.25, 0.3) is 0 Å². The van der Waals surface area contributed by atoms with Crippen LogP contribution in [0.4, 0.5) is 4.79 Å². The SMILES string of the molecule is CC(C)[Si](C#C[C@H]1C[C@@H]2c3ccccc3[C@H]1N2C(=O)OC(C)(C)C)(C(C)C)C(C)C. The molecule has 4 heteroatoms. The Morgan fingerprint density at radius 1 is 1.03 bits per heavy atom. The third kappa shape index (κ3) is 3.82. The van der Waals surface area contributed by atoms with E-state index < -0.39 is 13.7 Å². The number of hydrogen-bond donors (Lipinski definition) is 0. The molecule has 2 aliphatic rings. The maximum atomic E-state index is 13.1. The molecule has 3 rings (SSSR count). The Labute approximate surface area is 184 Å². The highest BCUT2D eigenvalue weighted by Crippen LogP contribution is 2.56. The highest BCUT2D eigenvalue weighted by molar-refractivity contribution is 6.90. The first-order chi connectivity index (χ1) is 13.9. The number of amides is 1. The van der Waals surface area contributed by atoms with Crippen LogP contribution in [0.5, 0.6) is 0 Å². The van der Waals surface area contributed by atoms with E-state index in [9.17, 15) is 4.79 Å². The maximum absolute atomic E-state index is 13.1. The van der Waals surface area contributed by atoms with Crippen molar-refractivity contribution in [1.29, 1.82) is 0 Å². The second-order valence-electron chi connectivity index (χ2n) is 11.0. The maximum Gasteiger partial charge on any atom is 0.411 e. The number of ether oxygens (including phenoxy) is 1. The van der Waals surface area contributed by atoms with Crippen molar-refractivity contribution in [3.05, 3.63) is 35.4 Å². The van der Waals surface area contributed by atoms with Crippen molar-refractivity contribution in [1.82, 2.24) is 4.90 Å². The van der Waals surface area contributed by atoms with E-state index in [0.717, 1.165) is 6.42 Å². The molecule has 3 nitrogen and oxygen atoms in total. The molecule has 2 aliphatic heterocycles. The van der Waals surface area contributed by atoms with Crippen molar-refractivity contribution in [3.8, 4) is 11.5 Å². The number of fused-ring (bicyclic) bond motifs is 5. The molecule has 0 radical (unpaired) electrons. The first kappa shape index (κ1) is 22.9. The fraction of sp³-hybridized carbons (Fsp3) is 0.654. The van der Waals surface area contributed by atoms with Crippen LogP contribution in [-0.2, 0) is 4.74 Å². The largest absolute Gasteiger partial charge is 0.444 e. The number of nitrogens with zero attached hydrogens (tertiary/aromatic N) is 1. The molecule has 2 heterocycles. The minimum absolute atomic E-state index is 0.00624. The van der Waals surface area contributed by atoms with E-state index in [1.807, 2.05) is 25.7 Å². The lowest BCUT2D eigenvalue weighted by molar-refractivity contribution is 0.0170. The molecule has 30 heavy (non-hydrogen) atoms. The van der Waals surface area contributed by atoms with Gasteiger partial charge in [0.25, 0.3) is 0 Å². The van der Waals surface area contributed by atoms with E-state index in [-0.39, 0.29) is 24.1 Å². The van der Waals surface area contributed by atoms with Crippen molar-refractivity contribution in [2.24, 2.45) is 5.92 Å². The zero-order valence-electron chi connectivity index (χ0n) is 20.2. The Hall–Kier alpha value is -1.73. The topological polar surface area (TPSA) is 29.5 Å². The zero-order chi connectivity index (χ0) is 22.4. The fourth-order valence-corrected chi connectivity index (χ4v) is 11.2. The summed E-state index contributed by atoms with van der Waals surface area (Å²) in [6.45, 7) is 19.9. The molecular formula is C26H39NO2Si. The third-order valence-corrected chi connectivity index (χ3v) is 13.4. The van der Waals surface area contributed by atoms with Gasteiger partial charge >= 0.3 is 6.09 Å². The summed E-state index contributed by atoms with van der Waals surface area (Å²) in [6, 6.07) is 8.56. The molecular weight excluding hydrogens is 386 g/mol. The molecule has 1 saturated heterocycles. The van der Waals surface area contributed by atoms with E-state index in [2.05, 4.69) is 77.3 Å². The first-order valence-electron chi connectivity index (χ1n) is 11.5. The molecule has 0 aliphatic carbocycles. The molecule has 0 saturated carbocycles. The number of hydrogen-bond acceptors (Lipinski definition) is 2. The van der Waals surface area contributed by atoms with E-state index >= 15 is 0 Å². The van der Waals surface area contributed by atoms with Crippen molar-refractivity contribution in [2.45, 2.75) is 103 Å². The van der Waals surface area contributed by atoms with Crippen LogP contribution in [-0.4, -0.2) is 24.7 Å². The summed E-state index contributed by atoms with van der Waals surface area (Å²) >= 11 is 0. The minimum atomic E-state index is -1.80. The van der Waals surface area contributed by atoms with Crippen LogP contribution in [0.2, 0.25) is 16.6 Å². The molecule has 1 amide bonds. The van der Waals surface area contributed by atoms with Crippen LogP contribution in [0, 0.1) is 17.4 Å². The second kappa shape index (κ2) is 8.08. The summed E-state index contributed by atoms with van der Waals surface area (Å²) in [5, 5.41) is 0. The second-order valence-corrected chi connectivity index (χ2v) is 16.6. The van der Waals surface area contributed by atoms with Crippen LogP contribution in [0.3, 0.4) is 0 Å². The standard InChI is InChI=1S/C26H39NO2Si/c1-17(2)30(18(3)4,19(5)6)15-14-20-16-23-21-12-10-11-13-22(21)24(20)27(23)25(28)29-26(7,8)9/h10-13,17-20,23-24H,16H2,1-9H3/t20-,23+,24-/m0/s1. The van der Waals surface area contributed by atoms with Gasteiger partial charge in [0.05, 0.1) is 12.1 Å². The summed E-state index contributed by atoms with van der Waals surface area (Å²) in [5.41, 5.74) is 7.76. The van der Waals surface area contributed by atoms with Crippen molar-refractivity contribution in [2.75, 3.05) is 0 Å². The summed E-state index contributed by atoms with van der Waals surface area (Å²) in [5.74, 6) is 3.93. The zero-order valence-corrected chi connectivity index (χ0v) is 21.2. The Balaban J connectivity index is 2.00. The van der Waals surface area contributed by atoms with Crippen molar-refractivity contribution < 1.29 is 9.53 Å². The molecule has 1 fully saturated rings. The number of carbonyl (C=O) groups excluding carboxylic acids is 1. The van der Waals surface area contributed by atoms with Gasteiger partial charge in [0.2, 0.25) is 0 Å². The highest BCUT2D eigenvalue weighted by Gasteiger charge is 2.53. The van der Waals surface area contributed by atoms with Gasteiger partial charge in [-0.2, -0.15) is 0 Å².